The van der Waals surface area contributed by atoms with Crippen LogP contribution in [0, 0.1) is 0 Å². The predicted octanol–water partition coefficient (Wildman–Crippen LogP) is 2.80. The zero-order chi connectivity index (χ0) is 11.2. The van der Waals surface area contributed by atoms with Crippen LogP contribution in [0.2, 0.25) is 0 Å². The smallest absolute Gasteiger partial charge is 0.0538 e. The molecule has 1 heterocycles. The van der Waals surface area contributed by atoms with Gasteiger partial charge in [-0.25, -0.2) is 4.68 Å². The van der Waals surface area contributed by atoms with E-state index < -0.39 is 0 Å². The topological polar surface area (TPSA) is 29.9 Å². The summed E-state index contributed by atoms with van der Waals surface area (Å²) in [5.41, 5.74) is 1.24. The third-order valence-corrected chi connectivity index (χ3v) is 3.29. The van der Waals surface area contributed by atoms with Gasteiger partial charge in [-0.15, -0.1) is 0 Å². The van der Waals surface area contributed by atoms with E-state index in [9.17, 15) is 0 Å². The highest BCUT2D eigenvalue weighted by Gasteiger charge is 2.11. The zero-order valence-corrected chi connectivity index (χ0v) is 9.86. The fraction of sp³-hybridized carbons (Fsp3) is 0.615. The molecule has 3 nitrogen and oxygen atoms in total. The Labute approximate surface area is 97.5 Å². The number of rotatable bonds is 4. The third-order valence-electron chi connectivity index (χ3n) is 3.29. The standard InChI is InChI=1S/C13H21N3/c1-2-16-11-12(10-15-16)9-14-13-7-5-3-4-6-8-13/h2,10-11,13-14H,1,3-9H2. The Hall–Kier alpha value is -1.09. The average molecular weight is 219 g/mol. The summed E-state index contributed by atoms with van der Waals surface area (Å²) < 4.78 is 1.75. The molecule has 1 aromatic rings. The highest BCUT2D eigenvalue weighted by atomic mass is 15.2. The average Bonchev–Trinajstić information content (AvgIpc) is 2.61. The minimum Gasteiger partial charge on any atom is -0.310 e. The van der Waals surface area contributed by atoms with Gasteiger partial charge in [0.05, 0.1) is 6.20 Å². The Morgan fingerprint density at radius 1 is 1.38 bits per heavy atom. The quantitative estimate of drug-likeness (QED) is 0.789. The number of nitrogens with zero attached hydrogens (tertiary/aromatic N) is 2. The molecule has 88 valence electrons. The lowest BCUT2D eigenvalue weighted by Crippen LogP contribution is -2.27. The maximum absolute atomic E-state index is 4.18. The molecule has 1 N–H and O–H groups in total. The Bertz CT molecular complexity index is 322. The normalized spacial score (nSPS) is 18.2. The molecule has 3 heteroatoms. The van der Waals surface area contributed by atoms with Crippen LogP contribution >= 0.6 is 0 Å². The Kier molecular flexibility index (Phi) is 4.17. The molecule has 0 aliphatic heterocycles. The van der Waals surface area contributed by atoms with Crippen molar-refractivity contribution in [3.63, 3.8) is 0 Å². The van der Waals surface area contributed by atoms with Crippen molar-refractivity contribution < 1.29 is 0 Å². The number of hydrogen-bond donors (Lipinski definition) is 1. The fourth-order valence-electron chi connectivity index (χ4n) is 2.31. The van der Waals surface area contributed by atoms with Gasteiger partial charge in [0.15, 0.2) is 0 Å². The van der Waals surface area contributed by atoms with Gasteiger partial charge in [0.25, 0.3) is 0 Å². The summed E-state index contributed by atoms with van der Waals surface area (Å²) in [5, 5.41) is 7.80. The van der Waals surface area contributed by atoms with E-state index in [-0.39, 0.29) is 0 Å². The van der Waals surface area contributed by atoms with Crippen LogP contribution in [0.1, 0.15) is 44.1 Å². The van der Waals surface area contributed by atoms with Gasteiger partial charge in [-0.2, -0.15) is 5.10 Å². The lowest BCUT2D eigenvalue weighted by Gasteiger charge is -2.15. The second kappa shape index (κ2) is 5.85. The van der Waals surface area contributed by atoms with Crippen LogP contribution < -0.4 is 5.32 Å². The summed E-state index contributed by atoms with van der Waals surface area (Å²) in [7, 11) is 0. The molecule has 0 bridgehead atoms. The molecule has 1 aliphatic carbocycles. The van der Waals surface area contributed by atoms with E-state index in [1.54, 1.807) is 10.9 Å². The fourth-order valence-corrected chi connectivity index (χ4v) is 2.31. The van der Waals surface area contributed by atoms with Crippen LogP contribution in [0.15, 0.2) is 19.0 Å². The molecule has 1 saturated carbocycles. The Morgan fingerprint density at radius 2 is 2.12 bits per heavy atom. The summed E-state index contributed by atoms with van der Waals surface area (Å²) in [4.78, 5) is 0. The summed E-state index contributed by atoms with van der Waals surface area (Å²) in [5.74, 6) is 0. The maximum Gasteiger partial charge on any atom is 0.0538 e. The summed E-state index contributed by atoms with van der Waals surface area (Å²) >= 11 is 0. The van der Waals surface area contributed by atoms with Gasteiger partial charge in [0.1, 0.15) is 0 Å². The monoisotopic (exact) mass is 219 g/mol. The summed E-state index contributed by atoms with van der Waals surface area (Å²) in [6.45, 7) is 4.62. The van der Waals surface area contributed by atoms with Crippen molar-refractivity contribution in [1.82, 2.24) is 15.1 Å². The lowest BCUT2D eigenvalue weighted by atomic mass is 10.1. The highest BCUT2D eigenvalue weighted by molar-refractivity contribution is 5.17. The molecular formula is C13H21N3. The highest BCUT2D eigenvalue weighted by Crippen LogP contribution is 2.17. The molecule has 1 fully saturated rings. The minimum atomic E-state index is 0.703. The van der Waals surface area contributed by atoms with E-state index in [0.717, 1.165) is 6.54 Å². The molecule has 16 heavy (non-hydrogen) atoms. The van der Waals surface area contributed by atoms with E-state index in [4.69, 9.17) is 0 Å². The van der Waals surface area contributed by atoms with Gasteiger partial charge in [-0.05, 0) is 12.8 Å². The van der Waals surface area contributed by atoms with Crippen molar-refractivity contribution in [3.8, 4) is 0 Å². The minimum absolute atomic E-state index is 0.703. The van der Waals surface area contributed by atoms with Crippen molar-refractivity contribution in [3.05, 3.63) is 24.5 Å². The van der Waals surface area contributed by atoms with Gasteiger partial charge < -0.3 is 5.32 Å². The first kappa shape index (κ1) is 11.4. The Morgan fingerprint density at radius 3 is 2.75 bits per heavy atom. The molecular weight excluding hydrogens is 198 g/mol. The van der Waals surface area contributed by atoms with Crippen LogP contribution in [0.5, 0.6) is 0 Å². The van der Waals surface area contributed by atoms with Gasteiger partial charge in [-0.3, -0.25) is 0 Å². The third kappa shape index (κ3) is 3.20. The van der Waals surface area contributed by atoms with E-state index >= 15 is 0 Å². The molecule has 1 aromatic heterocycles. The van der Waals surface area contributed by atoms with E-state index in [1.807, 2.05) is 12.4 Å². The van der Waals surface area contributed by atoms with Crippen LogP contribution in [-0.2, 0) is 6.54 Å². The maximum atomic E-state index is 4.18. The first-order chi connectivity index (χ1) is 7.88. The first-order valence-corrected chi connectivity index (χ1v) is 6.27. The van der Waals surface area contributed by atoms with Crippen LogP contribution in [0.4, 0.5) is 0 Å². The van der Waals surface area contributed by atoms with E-state index in [1.165, 1.54) is 44.1 Å². The van der Waals surface area contributed by atoms with Crippen molar-refractivity contribution in [2.45, 2.75) is 51.1 Å². The number of aromatic nitrogens is 2. The first-order valence-electron chi connectivity index (χ1n) is 6.27. The van der Waals surface area contributed by atoms with Gasteiger partial charge in [0.2, 0.25) is 0 Å². The Balaban J connectivity index is 1.79. The summed E-state index contributed by atoms with van der Waals surface area (Å²) in [6.07, 6.45) is 13.9. The SMILES string of the molecule is C=Cn1cc(CNC2CCCCCC2)cn1. The van der Waals surface area contributed by atoms with Gasteiger partial charge >= 0.3 is 0 Å². The predicted molar refractivity (Wildman–Crippen MR) is 66.9 cm³/mol. The second-order valence-electron chi connectivity index (χ2n) is 4.58. The molecule has 2 rings (SSSR count). The molecule has 0 saturated heterocycles. The molecule has 0 amide bonds. The molecule has 0 spiro atoms. The number of nitrogens with one attached hydrogen (secondary N) is 1. The molecule has 0 radical (unpaired) electrons. The largest absolute Gasteiger partial charge is 0.310 e. The van der Waals surface area contributed by atoms with E-state index in [0.29, 0.717) is 6.04 Å². The number of hydrogen-bond acceptors (Lipinski definition) is 2. The van der Waals surface area contributed by atoms with Gasteiger partial charge in [0, 0.05) is 30.5 Å². The lowest BCUT2D eigenvalue weighted by molar-refractivity contribution is 0.459. The van der Waals surface area contributed by atoms with Crippen molar-refractivity contribution in [2.24, 2.45) is 0 Å². The molecule has 0 unspecified atom stereocenters. The van der Waals surface area contributed by atoms with Crippen LogP contribution in [0.25, 0.3) is 6.20 Å². The zero-order valence-electron chi connectivity index (χ0n) is 9.86. The summed E-state index contributed by atoms with van der Waals surface area (Å²) in [6, 6.07) is 0.703. The van der Waals surface area contributed by atoms with Crippen LogP contribution in [-0.4, -0.2) is 15.8 Å². The van der Waals surface area contributed by atoms with E-state index in [2.05, 4.69) is 17.0 Å². The van der Waals surface area contributed by atoms with Crippen LogP contribution in [0.3, 0.4) is 0 Å². The van der Waals surface area contributed by atoms with Crippen molar-refractivity contribution >= 4 is 6.20 Å². The molecule has 0 aromatic carbocycles. The molecule has 1 aliphatic rings. The van der Waals surface area contributed by atoms with Crippen molar-refractivity contribution in [2.75, 3.05) is 0 Å². The van der Waals surface area contributed by atoms with Crippen molar-refractivity contribution in [1.29, 1.82) is 0 Å². The molecule has 0 atom stereocenters. The second-order valence-corrected chi connectivity index (χ2v) is 4.58. The van der Waals surface area contributed by atoms with Gasteiger partial charge in [-0.1, -0.05) is 32.3 Å².